The normalized spacial score (nSPS) is 9.28. The summed E-state index contributed by atoms with van der Waals surface area (Å²) < 4.78 is 5.47. The number of nitrogens with zero attached hydrogens (tertiary/aromatic N) is 4. The van der Waals surface area contributed by atoms with Crippen LogP contribution < -0.4 is 4.74 Å². The van der Waals surface area contributed by atoms with E-state index in [1.54, 1.807) is 18.2 Å². The van der Waals surface area contributed by atoms with Crippen molar-refractivity contribution in [3.63, 3.8) is 0 Å². The fraction of sp³-hybridized carbons (Fsp3) is 0.0769. The number of aromatic nitrogens is 2. The Morgan fingerprint density at radius 3 is 2.72 bits per heavy atom. The van der Waals surface area contributed by atoms with E-state index >= 15 is 0 Å². The van der Waals surface area contributed by atoms with Gasteiger partial charge in [0.1, 0.15) is 17.5 Å². The summed E-state index contributed by atoms with van der Waals surface area (Å²) in [6, 6.07) is 10.6. The molecule has 2 aromatic rings. The van der Waals surface area contributed by atoms with Crippen LogP contribution in [-0.4, -0.2) is 9.97 Å². The number of rotatable bonds is 2. The second-order valence-corrected chi connectivity index (χ2v) is 3.53. The molecule has 0 saturated carbocycles. The van der Waals surface area contributed by atoms with Gasteiger partial charge in [-0.05, 0) is 30.7 Å². The van der Waals surface area contributed by atoms with Gasteiger partial charge in [-0.25, -0.2) is 4.98 Å². The molecule has 1 aromatic heterocycles. The van der Waals surface area contributed by atoms with Gasteiger partial charge in [0.05, 0.1) is 11.6 Å². The molecule has 0 bridgehead atoms. The van der Waals surface area contributed by atoms with Crippen LogP contribution in [0.1, 0.15) is 16.8 Å². The first kappa shape index (κ1) is 11.6. The number of ether oxygens (including phenoxy) is 1. The molecule has 86 valence electrons. The van der Waals surface area contributed by atoms with Crippen molar-refractivity contribution in [3.8, 4) is 23.9 Å². The molecule has 0 radical (unpaired) electrons. The Balaban J connectivity index is 2.34. The first-order valence-electron chi connectivity index (χ1n) is 5.14. The molecule has 0 fully saturated rings. The molecular formula is C13H8N4O. The molecule has 2 rings (SSSR count). The molecule has 0 unspecified atom stereocenters. The molecule has 0 atom stereocenters. The minimum absolute atomic E-state index is 0.0900. The number of hydrogen-bond donors (Lipinski definition) is 0. The number of benzene rings is 1. The van der Waals surface area contributed by atoms with Crippen LogP contribution in [0.25, 0.3) is 0 Å². The van der Waals surface area contributed by atoms with Gasteiger partial charge in [-0.1, -0.05) is 6.07 Å². The van der Waals surface area contributed by atoms with Crippen molar-refractivity contribution in [1.82, 2.24) is 9.97 Å². The largest absolute Gasteiger partial charge is 0.424 e. The lowest BCUT2D eigenvalue weighted by Crippen LogP contribution is -1.95. The van der Waals surface area contributed by atoms with E-state index in [1.807, 2.05) is 19.1 Å². The highest BCUT2D eigenvalue weighted by molar-refractivity contribution is 5.42. The summed E-state index contributed by atoms with van der Waals surface area (Å²) in [5.74, 6) is 0.504. The average molecular weight is 236 g/mol. The molecular weight excluding hydrogens is 228 g/mol. The maximum atomic E-state index is 8.82. The van der Waals surface area contributed by atoms with Crippen molar-refractivity contribution < 1.29 is 4.74 Å². The smallest absolute Gasteiger partial charge is 0.323 e. The minimum Gasteiger partial charge on any atom is -0.424 e. The first-order chi connectivity index (χ1) is 8.72. The van der Waals surface area contributed by atoms with Crippen LogP contribution in [0.5, 0.6) is 11.8 Å². The number of aryl methyl sites for hydroxylation is 1. The van der Waals surface area contributed by atoms with Crippen LogP contribution in [0.15, 0.2) is 30.5 Å². The summed E-state index contributed by atoms with van der Waals surface area (Å²) in [7, 11) is 0. The van der Waals surface area contributed by atoms with E-state index in [-0.39, 0.29) is 11.7 Å². The van der Waals surface area contributed by atoms with Crippen molar-refractivity contribution in [1.29, 1.82) is 10.5 Å². The molecule has 18 heavy (non-hydrogen) atoms. The topological polar surface area (TPSA) is 82.6 Å². The number of hydrogen-bond acceptors (Lipinski definition) is 5. The van der Waals surface area contributed by atoms with Gasteiger partial charge in [-0.3, -0.25) is 0 Å². The fourth-order valence-electron chi connectivity index (χ4n) is 1.33. The zero-order valence-electron chi connectivity index (χ0n) is 9.58. The second kappa shape index (κ2) is 4.94. The molecule has 0 saturated heterocycles. The summed E-state index contributed by atoms with van der Waals surface area (Å²) in [5, 5.41) is 17.5. The highest BCUT2D eigenvalue weighted by Crippen LogP contribution is 2.23. The van der Waals surface area contributed by atoms with Gasteiger partial charge in [-0.15, -0.1) is 0 Å². The van der Waals surface area contributed by atoms with Gasteiger partial charge in [0, 0.05) is 6.20 Å². The van der Waals surface area contributed by atoms with Crippen LogP contribution >= 0.6 is 0 Å². The van der Waals surface area contributed by atoms with Crippen molar-refractivity contribution in [2.45, 2.75) is 6.92 Å². The van der Waals surface area contributed by atoms with Crippen LogP contribution in [0.4, 0.5) is 0 Å². The Bertz CT molecular complexity index is 667. The summed E-state index contributed by atoms with van der Waals surface area (Å²) >= 11 is 0. The highest BCUT2D eigenvalue weighted by Gasteiger charge is 2.06. The van der Waals surface area contributed by atoms with Gasteiger partial charge in [0.15, 0.2) is 0 Å². The standard InChI is InChI=1S/C13H8N4O/c1-9-2-3-10(7-14)6-12(9)18-13-16-5-4-11(8-15)17-13/h2-6H,1H3. The third-order valence-electron chi connectivity index (χ3n) is 2.27. The Morgan fingerprint density at radius 2 is 2.00 bits per heavy atom. The Morgan fingerprint density at radius 1 is 1.17 bits per heavy atom. The van der Waals surface area contributed by atoms with Crippen LogP contribution in [0.2, 0.25) is 0 Å². The Hall–Kier alpha value is -2.92. The van der Waals surface area contributed by atoms with E-state index in [4.69, 9.17) is 15.3 Å². The van der Waals surface area contributed by atoms with Crippen molar-refractivity contribution in [2.24, 2.45) is 0 Å². The quantitative estimate of drug-likeness (QED) is 0.799. The lowest BCUT2D eigenvalue weighted by atomic mass is 10.1. The first-order valence-corrected chi connectivity index (χ1v) is 5.14. The van der Waals surface area contributed by atoms with E-state index in [9.17, 15) is 0 Å². The molecule has 0 amide bonds. The molecule has 1 heterocycles. The lowest BCUT2D eigenvalue weighted by molar-refractivity contribution is 0.438. The van der Waals surface area contributed by atoms with Gasteiger partial charge in [-0.2, -0.15) is 15.5 Å². The third-order valence-corrected chi connectivity index (χ3v) is 2.27. The maximum Gasteiger partial charge on any atom is 0.323 e. The summed E-state index contributed by atoms with van der Waals surface area (Å²) in [6.07, 6.45) is 1.45. The Kier molecular flexibility index (Phi) is 3.17. The van der Waals surface area contributed by atoms with Gasteiger partial charge >= 0.3 is 6.01 Å². The monoisotopic (exact) mass is 236 g/mol. The van der Waals surface area contributed by atoms with E-state index in [0.717, 1.165) is 5.56 Å². The van der Waals surface area contributed by atoms with Crippen molar-refractivity contribution >= 4 is 0 Å². The molecule has 0 aliphatic rings. The van der Waals surface area contributed by atoms with Crippen molar-refractivity contribution in [2.75, 3.05) is 0 Å². The van der Waals surface area contributed by atoms with Crippen molar-refractivity contribution in [3.05, 3.63) is 47.3 Å². The molecule has 5 heteroatoms. The fourth-order valence-corrected chi connectivity index (χ4v) is 1.33. The molecule has 1 aromatic carbocycles. The van der Waals surface area contributed by atoms with Gasteiger partial charge in [0.25, 0.3) is 0 Å². The molecule has 0 aliphatic heterocycles. The zero-order valence-corrected chi connectivity index (χ0v) is 9.58. The van der Waals surface area contributed by atoms with E-state index < -0.39 is 0 Å². The molecule has 0 N–H and O–H groups in total. The zero-order chi connectivity index (χ0) is 13.0. The molecule has 0 aliphatic carbocycles. The van der Waals surface area contributed by atoms with Crippen LogP contribution in [0, 0.1) is 29.6 Å². The van der Waals surface area contributed by atoms with Crippen LogP contribution in [-0.2, 0) is 0 Å². The van der Waals surface area contributed by atoms with E-state index in [0.29, 0.717) is 11.3 Å². The maximum absolute atomic E-state index is 8.82. The number of nitriles is 2. The minimum atomic E-state index is 0.0900. The summed E-state index contributed by atoms with van der Waals surface area (Å²) in [5.41, 5.74) is 1.58. The van der Waals surface area contributed by atoms with E-state index in [1.165, 1.54) is 12.3 Å². The van der Waals surface area contributed by atoms with Crippen LogP contribution in [0.3, 0.4) is 0 Å². The summed E-state index contributed by atoms with van der Waals surface area (Å²) in [4.78, 5) is 7.82. The van der Waals surface area contributed by atoms with Gasteiger partial charge < -0.3 is 4.74 Å². The summed E-state index contributed by atoms with van der Waals surface area (Å²) in [6.45, 7) is 1.85. The van der Waals surface area contributed by atoms with E-state index in [2.05, 4.69) is 9.97 Å². The second-order valence-electron chi connectivity index (χ2n) is 3.53. The predicted octanol–water partition coefficient (Wildman–Crippen LogP) is 2.32. The average Bonchev–Trinajstić information content (AvgIpc) is 2.41. The Labute approximate surface area is 104 Å². The molecule has 0 spiro atoms. The highest BCUT2D eigenvalue weighted by atomic mass is 16.5. The SMILES string of the molecule is Cc1ccc(C#N)cc1Oc1nccc(C#N)n1. The van der Waals surface area contributed by atoms with Gasteiger partial charge in [0.2, 0.25) is 0 Å². The third kappa shape index (κ3) is 2.42. The molecule has 5 nitrogen and oxygen atoms in total. The lowest BCUT2D eigenvalue weighted by Gasteiger charge is -2.06. The predicted molar refractivity (Wildman–Crippen MR) is 62.7 cm³/mol.